The van der Waals surface area contributed by atoms with Crippen molar-refractivity contribution in [3.8, 4) is 0 Å². The van der Waals surface area contributed by atoms with E-state index in [-0.39, 0.29) is 32.6 Å². The molecule has 9 nitrogen and oxygen atoms in total. The fraction of sp³-hybridized carbons (Fsp3) is 0.778. The summed E-state index contributed by atoms with van der Waals surface area (Å²) in [7, 11) is -4.38. The van der Waals surface area contributed by atoms with E-state index in [1.807, 2.05) is 0 Å². The Labute approximate surface area is 336 Å². The van der Waals surface area contributed by atoms with Gasteiger partial charge in [0.1, 0.15) is 6.61 Å². The van der Waals surface area contributed by atoms with Crippen LogP contribution < -0.4 is 5.73 Å². The molecule has 55 heavy (non-hydrogen) atoms. The van der Waals surface area contributed by atoms with E-state index in [0.29, 0.717) is 12.8 Å². The van der Waals surface area contributed by atoms with Crippen molar-refractivity contribution in [2.45, 2.75) is 200 Å². The van der Waals surface area contributed by atoms with Gasteiger partial charge >= 0.3 is 19.8 Å². The summed E-state index contributed by atoms with van der Waals surface area (Å²) in [4.78, 5) is 34.9. The largest absolute Gasteiger partial charge is 0.472 e. The quantitative estimate of drug-likeness (QED) is 0.0268. The molecule has 2 atom stereocenters. The normalized spacial score (nSPS) is 13.7. The molecule has 0 rings (SSSR count). The molecule has 0 heterocycles. The fourth-order valence-corrected chi connectivity index (χ4v) is 6.64. The molecule has 0 saturated carbocycles. The summed E-state index contributed by atoms with van der Waals surface area (Å²) in [6, 6.07) is 0. The third kappa shape index (κ3) is 41.4. The maximum atomic E-state index is 12.6. The van der Waals surface area contributed by atoms with Gasteiger partial charge in [0.25, 0.3) is 0 Å². The number of carbonyl (C=O) groups excluding carboxylic acids is 2. The first-order chi connectivity index (χ1) is 26.8. The van der Waals surface area contributed by atoms with Crippen molar-refractivity contribution in [1.82, 2.24) is 0 Å². The number of carbonyl (C=O) groups is 2. The Kier molecular flexibility index (Phi) is 40.1. The van der Waals surface area contributed by atoms with E-state index in [2.05, 4.69) is 62.5 Å². The lowest BCUT2D eigenvalue weighted by Crippen LogP contribution is -2.29. The number of allylic oxidation sites excluding steroid dienone is 8. The van der Waals surface area contributed by atoms with E-state index < -0.39 is 32.5 Å². The van der Waals surface area contributed by atoms with Crippen LogP contribution in [0.3, 0.4) is 0 Å². The molecule has 0 aromatic rings. The molecule has 0 saturated heterocycles. The van der Waals surface area contributed by atoms with Crippen LogP contribution in [0.4, 0.5) is 0 Å². The van der Waals surface area contributed by atoms with E-state index in [1.165, 1.54) is 83.5 Å². The van der Waals surface area contributed by atoms with Crippen LogP contribution in [-0.2, 0) is 32.7 Å². The highest BCUT2D eigenvalue weighted by Crippen LogP contribution is 2.43. The lowest BCUT2D eigenvalue weighted by Gasteiger charge is -2.19. The Morgan fingerprint density at radius 1 is 0.545 bits per heavy atom. The molecule has 0 aliphatic heterocycles. The molecule has 0 amide bonds. The van der Waals surface area contributed by atoms with Crippen LogP contribution in [0, 0.1) is 0 Å². The van der Waals surface area contributed by atoms with Crippen molar-refractivity contribution in [2.24, 2.45) is 5.73 Å². The van der Waals surface area contributed by atoms with Gasteiger partial charge in [0.2, 0.25) is 0 Å². The zero-order valence-corrected chi connectivity index (χ0v) is 36.0. The Morgan fingerprint density at radius 3 is 1.38 bits per heavy atom. The second kappa shape index (κ2) is 41.6. The summed E-state index contributed by atoms with van der Waals surface area (Å²) < 4.78 is 32.8. The predicted octanol–water partition coefficient (Wildman–Crippen LogP) is 12.7. The molecule has 10 heteroatoms. The Morgan fingerprint density at radius 2 is 0.945 bits per heavy atom. The Bertz CT molecular complexity index is 1040. The van der Waals surface area contributed by atoms with Gasteiger partial charge in [0, 0.05) is 19.4 Å². The SMILES string of the molecule is CCCCC/C=C\C/C=C\CCCCCCCCCCCC(=O)OC(COC(=O)CCCCCCC/C=C\C/C=C\CCCCC)COP(=O)(O)OCCN. The number of unbranched alkanes of at least 4 members (excludes halogenated alkanes) is 20. The predicted molar refractivity (Wildman–Crippen MR) is 229 cm³/mol. The molecule has 0 aromatic carbocycles. The monoisotopic (exact) mass is 796 g/mol. The van der Waals surface area contributed by atoms with E-state index in [0.717, 1.165) is 70.6 Å². The molecule has 2 unspecified atom stereocenters. The number of hydrogen-bond acceptors (Lipinski definition) is 8. The van der Waals surface area contributed by atoms with Gasteiger partial charge in [0.05, 0.1) is 13.2 Å². The zero-order valence-electron chi connectivity index (χ0n) is 35.2. The van der Waals surface area contributed by atoms with Crippen molar-refractivity contribution in [1.29, 1.82) is 0 Å². The molecule has 3 N–H and O–H groups in total. The van der Waals surface area contributed by atoms with Gasteiger partial charge < -0.3 is 20.1 Å². The average molecular weight is 796 g/mol. The van der Waals surface area contributed by atoms with Crippen molar-refractivity contribution in [2.75, 3.05) is 26.4 Å². The van der Waals surface area contributed by atoms with Crippen molar-refractivity contribution < 1.29 is 37.6 Å². The maximum absolute atomic E-state index is 12.6. The zero-order chi connectivity index (χ0) is 40.3. The molecule has 0 aliphatic carbocycles. The van der Waals surface area contributed by atoms with Gasteiger partial charge in [-0.05, 0) is 77.0 Å². The molecule has 0 spiro atoms. The molecule has 0 fully saturated rings. The third-order valence-corrected chi connectivity index (χ3v) is 10.2. The topological polar surface area (TPSA) is 134 Å². The lowest BCUT2D eigenvalue weighted by atomic mass is 10.1. The first-order valence-corrected chi connectivity index (χ1v) is 23.6. The smallest absolute Gasteiger partial charge is 0.462 e. The number of nitrogens with two attached hydrogens (primary N) is 1. The second-order valence-electron chi connectivity index (χ2n) is 14.6. The van der Waals surface area contributed by atoms with Crippen LogP contribution in [-0.4, -0.2) is 49.3 Å². The number of ether oxygens (including phenoxy) is 2. The van der Waals surface area contributed by atoms with Crippen LogP contribution in [0.15, 0.2) is 48.6 Å². The van der Waals surface area contributed by atoms with Gasteiger partial charge in [-0.15, -0.1) is 0 Å². The first kappa shape index (κ1) is 53.0. The highest BCUT2D eigenvalue weighted by atomic mass is 31.2. The summed E-state index contributed by atoms with van der Waals surface area (Å²) in [6.07, 6.45) is 47.0. The van der Waals surface area contributed by atoms with Crippen LogP contribution in [0.2, 0.25) is 0 Å². The summed E-state index contributed by atoms with van der Waals surface area (Å²) in [6.45, 7) is 3.66. The number of phosphoric ester groups is 1. The minimum atomic E-state index is -4.38. The molecular formula is C45H82NO8P. The number of esters is 2. The van der Waals surface area contributed by atoms with Crippen molar-refractivity contribution in [3.05, 3.63) is 48.6 Å². The molecule has 0 bridgehead atoms. The fourth-order valence-electron chi connectivity index (χ4n) is 5.87. The van der Waals surface area contributed by atoms with Gasteiger partial charge in [0.15, 0.2) is 6.10 Å². The molecule has 0 aromatic heterocycles. The van der Waals surface area contributed by atoms with Gasteiger partial charge in [-0.25, -0.2) is 4.57 Å². The van der Waals surface area contributed by atoms with Crippen molar-refractivity contribution in [3.63, 3.8) is 0 Å². The Balaban J connectivity index is 4.16. The molecule has 320 valence electrons. The standard InChI is InChI=1S/C45H82NO8P/c1-3-5-7-9-11-13-15-17-19-20-21-22-24-26-28-30-32-34-36-38-45(48)54-43(42-53-55(49,50)52-40-39-46)41-51-44(47)37-35-33-31-29-27-25-23-18-16-14-12-10-8-6-4-2/h11-14,17-19,23,43H,3-10,15-16,20-22,24-42,46H2,1-2H3,(H,49,50)/b13-11-,14-12-,19-17-,23-18-. The minimum absolute atomic E-state index is 0.0493. The third-order valence-electron chi connectivity index (χ3n) is 9.19. The lowest BCUT2D eigenvalue weighted by molar-refractivity contribution is -0.161. The summed E-state index contributed by atoms with van der Waals surface area (Å²) in [5, 5.41) is 0. The Hall–Kier alpha value is -2.03. The molecule has 0 radical (unpaired) electrons. The van der Waals surface area contributed by atoms with Crippen LogP contribution >= 0.6 is 7.82 Å². The number of rotatable bonds is 41. The summed E-state index contributed by atoms with van der Waals surface area (Å²) in [5.74, 6) is -0.849. The summed E-state index contributed by atoms with van der Waals surface area (Å²) >= 11 is 0. The second-order valence-corrected chi connectivity index (χ2v) is 16.0. The van der Waals surface area contributed by atoms with Crippen LogP contribution in [0.1, 0.15) is 194 Å². The van der Waals surface area contributed by atoms with Crippen LogP contribution in [0.25, 0.3) is 0 Å². The average Bonchev–Trinajstić information content (AvgIpc) is 3.17. The highest BCUT2D eigenvalue weighted by Gasteiger charge is 2.26. The minimum Gasteiger partial charge on any atom is -0.462 e. The highest BCUT2D eigenvalue weighted by molar-refractivity contribution is 7.47. The van der Waals surface area contributed by atoms with E-state index in [9.17, 15) is 19.0 Å². The van der Waals surface area contributed by atoms with E-state index in [4.69, 9.17) is 24.3 Å². The number of hydrogen-bond donors (Lipinski definition) is 2. The van der Waals surface area contributed by atoms with Gasteiger partial charge in [-0.1, -0.05) is 152 Å². The van der Waals surface area contributed by atoms with Gasteiger partial charge in [-0.3, -0.25) is 18.6 Å². The van der Waals surface area contributed by atoms with E-state index >= 15 is 0 Å². The van der Waals surface area contributed by atoms with Gasteiger partial charge in [-0.2, -0.15) is 0 Å². The van der Waals surface area contributed by atoms with Crippen LogP contribution in [0.5, 0.6) is 0 Å². The molecule has 0 aliphatic rings. The molecular weight excluding hydrogens is 713 g/mol. The first-order valence-electron chi connectivity index (χ1n) is 22.1. The van der Waals surface area contributed by atoms with Crippen molar-refractivity contribution >= 4 is 19.8 Å². The summed E-state index contributed by atoms with van der Waals surface area (Å²) in [5.41, 5.74) is 5.35. The number of phosphoric acid groups is 1. The maximum Gasteiger partial charge on any atom is 0.472 e. The van der Waals surface area contributed by atoms with E-state index in [1.54, 1.807) is 0 Å².